The molecule has 0 bridgehead atoms. The van der Waals surface area contributed by atoms with Gasteiger partial charge in [0.25, 0.3) is 0 Å². The Labute approximate surface area is 162 Å². The minimum absolute atomic E-state index is 0. The Morgan fingerprint density at radius 2 is 2.00 bits per heavy atom. The average Bonchev–Trinajstić information content (AvgIpc) is 2.54. The second-order valence-corrected chi connectivity index (χ2v) is 7.78. The van der Waals surface area contributed by atoms with Crippen LogP contribution in [0.5, 0.6) is 0 Å². The number of benzene rings is 1. The number of nitrogens with one attached hydrogen (secondary N) is 2. The van der Waals surface area contributed by atoms with Gasteiger partial charge in [-0.3, -0.25) is 9.69 Å². The van der Waals surface area contributed by atoms with Gasteiger partial charge in [0.1, 0.15) is 0 Å². The van der Waals surface area contributed by atoms with Crippen molar-refractivity contribution in [1.82, 2.24) is 10.2 Å². The van der Waals surface area contributed by atoms with Gasteiger partial charge in [-0.15, -0.1) is 12.4 Å². The zero-order valence-corrected chi connectivity index (χ0v) is 16.7. The SMILES string of the molecule is Cc1cc(C)c(NC(=O)CN2CCNCC23CCCCC3)c(Cl)c1.Cl. The lowest BCUT2D eigenvalue weighted by atomic mass is 9.79. The van der Waals surface area contributed by atoms with Crippen molar-refractivity contribution in [1.29, 1.82) is 0 Å². The fourth-order valence-electron chi connectivity index (χ4n) is 4.26. The summed E-state index contributed by atoms with van der Waals surface area (Å²) >= 11 is 6.33. The summed E-state index contributed by atoms with van der Waals surface area (Å²) in [4.78, 5) is 15.1. The zero-order valence-electron chi connectivity index (χ0n) is 15.2. The van der Waals surface area contributed by atoms with E-state index < -0.39 is 0 Å². The van der Waals surface area contributed by atoms with Crippen LogP contribution in [0.15, 0.2) is 12.1 Å². The molecule has 0 aromatic heterocycles. The maximum atomic E-state index is 12.7. The van der Waals surface area contributed by atoms with Gasteiger partial charge in [0.15, 0.2) is 0 Å². The summed E-state index contributed by atoms with van der Waals surface area (Å²) < 4.78 is 0. The molecule has 25 heavy (non-hydrogen) atoms. The predicted octanol–water partition coefficient (Wildman–Crippen LogP) is 3.93. The predicted molar refractivity (Wildman–Crippen MR) is 107 cm³/mol. The van der Waals surface area contributed by atoms with E-state index >= 15 is 0 Å². The van der Waals surface area contributed by atoms with Crippen LogP contribution in [0.1, 0.15) is 43.2 Å². The highest BCUT2D eigenvalue weighted by molar-refractivity contribution is 6.34. The van der Waals surface area contributed by atoms with Crippen LogP contribution >= 0.6 is 24.0 Å². The molecule has 1 aliphatic heterocycles. The lowest BCUT2D eigenvalue weighted by Gasteiger charge is -2.49. The Morgan fingerprint density at radius 1 is 1.28 bits per heavy atom. The molecule has 4 nitrogen and oxygen atoms in total. The fourth-order valence-corrected chi connectivity index (χ4v) is 4.63. The van der Waals surface area contributed by atoms with E-state index in [1.165, 1.54) is 32.1 Å². The molecule has 0 atom stereocenters. The Kier molecular flexibility index (Phi) is 7.15. The molecule has 1 aliphatic carbocycles. The molecular weight excluding hydrogens is 357 g/mol. The largest absolute Gasteiger partial charge is 0.323 e. The van der Waals surface area contributed by atoms with Crippen molar-refractivity contribution in [2.75, 3.05) is 31.5 Å². The molecule has 0 unspecified atom stereocenters. The van der Waals surface area contributed by atoms with Crippen molar-refractivity contribution in [2.45, 2.75) is 51.5 Å². The van der Waals surface area contributed by atoms with E-state index in [1.54, 1.807) is 0 Å². The van der Waals surface area contributed by atoms with Crippen molar-refractivity contribution in [3.05, 3.63) is 28.3 Å². The number of piperazine rings is 1. The molecule has 1 aromatic rings. The third-order valence-electron chi connectivity index (χ3n) is 5.50. The quantitative estimate of drug-likeness (QED) is 0.828. The molecule has 1 aromatic carbocycles. The van der Waals surface area contributed by atoms with Gasteiger partial charge in [0.2, 0.25) is 5.91 Å². The number of carbonyl (C=O) groups excluding carboxylic acids is 1. The minimum Gasteiger partial charge on any atom is -0.323 e. The van der Waals surface area contributed by atoms with E-state index in [0.29, 0.717) is 11.6 Å². The molecule has 1 saturated carbocycles. The van der Waals surface area contributed by atoms with Gasteiger partial charge < -0.3 is 10.6 Å². The number of amides is 1. The molecule has 3 rings (SSSR count). The fraction of sp³-hybridized carbons (Fsp3) is 0.632. The molecule has 140 valence electrons. The number of anilines is 1. The van der Waals surface area contributed by atoms with Crippen LogP contribution in [0, 0.1) is 13.8 Å². The van der Waals surface area contributed by atoms with Crippen LogP contribution in [0.2, 0.25) is 5.02 Å². The van der Waals surface area contributed by atoms with Crippen LogP contribution in [0.25, 0.3) is 0 Å². The smallest absolute Gasteiger partial charge is 0.238 e. The average molecular weight is 386 g/mol. The topological polar surface area (TPSA) is 44.4 Å². The van der Waals surface area contributed by atoms with Crippen molar-refractivity contribution < 1.29 is 4.79 Å². The van der Waals surface area contributed by atoms with Crippen molar-refractivity contribution >= 4 is 35.6 Å². The Morgan fingerprint density at radius 3 is 2.68 bits per heavy atom. The highest BCUT2D eigenvalue weighted by atomic mass is 35.5. The first kappa shape index (κ1) is 20.5. The number of hydrogen-bond donors (Lipinski definition) is 2. The summed E-state index contributed by atoms with van der Waals surface area (Å²) in [5, 5.41) is 7.19. The Balaban J connectivity index is 0.00000225. The van der Waals surface area contributed by atoms with Crippen LogP contribution in [-0.2, 0) is 4.79 Å². The standard InChI is InChI=1S/C19H28ClN3O.ClH/c1-14-10-15(2)18(16(20)11-14)22-17(24)12-23-9-8-21-13-19(23)6-4-3-5-7-19;/h10-11,21H,3-9,12-13H2,1-2H3,(H,22,24);1H. The number of nitrogens with zero attached hydrogens (tertiary/aromatic N) is 1. The maximum Gasteiger partial charge on any atom is 0.238 e. The molecule has 6 heteroatoms. The molecule has 1 spiro atoms. The number of aryl methyl sites for hydroxylation is 2. The second-order valence-electron chi connectivity index (χ2n) is 7.37. The number of rotatable bonds is 3. The number of carbonyl (C=O) groups is 1. The normalized spacial score (nSPS) is 20.1. The van der Waals surface area contributed by atoms with Crippen LogP contribution in [0.4, 0.5) is 5.69 Å². The molecular formula is C19H29Cl2N3O. The van der Waals surface area contributed by atoms with Crippen molar-refractivity contribution in [2.24, 2.45) is 0 Å². The van der Waals surface area contributed by atoms with E-state index in [1.807, 2.05) is 19.9 Å². The van der Waals surface area contributed by atoms with Gasteiger partial charge in [-0.1, -0.05) is 36.9 Å². The van der Waals surface area contributed by atoms with Gasteiger partial charge in [-0.2, -0.15) is 0 Å². The lowest BCUT2D eigenvalue weighted by molar-refractivity contribution is -0.120. The summed E-state index contributed by atoms with van der Waals surface area (Å²) in [6.07, 6.45) is 6.24. The maximum absolute atomic E-state index is 12.7. The molecule has 0 radical (unpaired) electrons. The van der Waals surface area contributed by atoms with Gasteiger partial charge in [0, 0.05) is 25.2 Å². The van der Waals surface area contributed by atoms with Gasteiger partial charge >= 0.3 is 0 Å². The molecule has 1 heterocycles. The van der Waals surface area contributed by atoms with Crippen molar-refractivity contribution in [3.8, 4) is 0 Å². The molecule has 2 N–H and O–H groups in total. The zero-order chi connectivity index (χ0) is 17.2. The summed E-state index contributed by atoms with van der Waals surface area (Å²) in [6.45, 7) is 7.35. The van der Waals surface area contributed by atoms with Gasteiger partial charge in [-0.05, 0) is 43.9 Å². The molecule has 2 fully saturated rings. The lowest BCUT2D eigenvalue weighted by Crippen LogP contribution is -2.63. The van der Waals surface area contributed by atoms with E-state index in [9.17, 15) is 4.79 Å². The summed E-state index contributed by atoms with van der Waals surface area (Å²) in [5.41, 5.74) is 3.04. The van der Waals surface area contributed by atoms with E-state index in [2.05, 4.69) is 21.6 Å². The third kappa shape index (κ3) is 4.68. The van der Waals surface area contributed by atoms with Crippen LogP contribution < -0.4 is 10.6 Å². The summed E-state index contributed by atoms with van der Waals surface area (Å²) in [6, 6.07) is 3.95. The summed E-state index contributed by atoms with van der Waals surface area (Å²) in [5.74, 6) is 0.0377. The Bertz CT molecular complexity index is 583. The van der Waals surface area contributed by atoms with Gasteiger partial charge in [0.05, 0.1) is 17.3 Å². The molecule has 1 amide bonds. The van der Waals surface area contributed by atoms with E-state index in [4.69, 9.17) is 11.6 Å². The number of hydrogen-bond acceptors (Lipinski definition) is 3. The Hall–Kier alpha value is -0.810. The van der Waals surface area contributed by atoms with E-state index in [0.717, 1.165) is 36.4 Å². The first-order valence-corrected chi connectivity index (χ1v) is 9.40. The molecule has 1 saturated heterocycles. The number of halogens is 2. The first-order valence-electron chi connectivity index (χ1n) is 9.03. The third-order valence-corrected chi connectivity index (χ3v) is 5.80. The first-order chi connectivity index (χ1) is 11.5. The van der Waals surface area contributed by atoms with Gasteiger partial charge in [-0.25, -0.2) is 0 Å². The van der Waals surface area contributed by atoms with Crippen LogP contribution in [-0.4, -0.2) is 42.5 Å². The molecule has 2 aliphatic rings. The minimum atomic E-state index is 0. The summed E-state index contributed by atoms with van der Waals surface area (Å²) in [7, 11) is 0. The van der Waals surface area contributed by atoms with Crippen LogP contribution in [0.3, 0.4) is 0 Å². The monoisotopic (exact) mass is 385 g/mol. The highest BCUT2D eigenvalue weighted by Gasteiger charge is 2.40. The second kappa shape index (κ2) is 8.72. The highest BCUT2D eigenvalue weighted by Crippen LogP contribution is 2.34. The van der Waals surface area contributed by atoms with Crippen molar-refractivity contribution in [3.63, 3.8) is 0 Å². The van der Waals surface area contributed by atoms with E-state index in [-0.39, 0.29) is 23.9 Å².